The fourth-order valence-corrected chi connectivity index (χ4v) is 5.73. The van der Waals surface area contributed by atoms with Crippen LogP contribution in [0.1, 0.15) is 38.2 Å². The smallest absolute Gasteiger partial charge is 0.258 e. The summed E-state index contributed by atoms with van der Waals surface area (Å²) in [6.07, 6.45) is 1.81. The molecule has 2 saturated heterocycles. The number of hydrogen-bond donors (Lipinski definition) is 1. The second-order valence-electron chi connectivity index (χ2n) is 10.2. The third kappa shape index (κ3) is 7.94. The third-order valence-electron chi connectivity index (χ3n) is 6.77. The Morgan fingerprint density at radius 3 is 2.43 bits per heavy atom. The van der Waals surface area contributed by atoms with Gasteiger partial charge in [0.1, 0.15) is 0 Å². The van der Waals surface area contributed by atoms with Crippen LogP contribution in [0.5, 0.6) is 0 Å². The fraction of sp³-hybridized carbons (Fsp3) is 0.600. The quantitative estimate of drug-likeness (QED) is 0.524. The van der Waals surface area contributed by atoms with E-state index in [1.807, 2.05) is 0 Å². The highest BCUT2D eigenvalue weighted by molar-refractivity contribution is 7.93. The molecule has 37 heavy (non-hydrogen) atoms. The predicted molar refractivity (Wildman–Crippen MR) is 136 cm³/mol. The van der Waals surface area contributed by atoms with Gasteiger partial charge in [-0.25, -0.2) is 21.6 Å². The minimum atomic E-state index is -3.38. The number of nitrogens with zero attached hydrogens (tertiary/aromatic N) is 2. The van der Waals surface area contributed by atoms with Crippen LogP contribution in [0, 0.1) is 5.92 Å². The maximum Gasteiger partial charge on any atom is 0.258 e. The molecule has 2 aliphatic rings. The van der Waals surface area contributed by atoms with Gasteiger partial charge < -0.3 is 10.2 Å². The van der Waals surface area contributed by atoms with Crippen molar-refractivity contribution in [1.82, 2.24) is 15.1 Å². The summed E-state index contributed by atoms with van der Waals surface area (Å²) >= 11 is 6.38. The van der Waals surface area contributed by atoms with Crippen molar-refractivity contribution < 1.29 is 31.2 Å². The SMILES string of the molecule is C[C@H](/C=C\S(C)(=O)=O)NC(=O)C1(F)CCN(C(=O)[C@H]2CN(CC(C)(F)F)C[C@H]2c2ccccc2Cl)CC1. The topological polar surface area (TPSA) is 86.8 Å². The predicted octanol–water partition coefficient (Wildman–Crippen LogP) is 3.40. The Morgan fingerprint density at radius 2 is 1.86 bits per heavy atom. The molecule has 0 bridgehead atoms. The molecule has 1 aromatic rings. The zero-order valence-electron chi connectivity index (χ0n) is 21.1. The molecule has 0 aromatic heterocycles. The summed E-state index contributed by atoms with van der Waals surface area (Å²) in [5, 5.41) is 3.86. The average Bonchev–Trinajstić information content (AvgIpc) is 3.19. The number of benzene rings is 1. The van der Waals surface area contributed by atoms with Crippen LogP contribution in [0.4, 0.5) is 13.2 Å². The van der Waals surface area contributed by atoms with E-state index in [0.717, 1.165) is 18.6 Å². The first-order valence-electron chi connectivity index (χ1n) is 12.1. The largest absolute Gasteiger partial charge is 0.347 e. The minimum absolute atomic E-state index is 0.00794. The van der Waals surface area contributed by atoms with Gasteiger partial charge in [0, 0.05) is 74.6 Å². The molecular weight excluding hydrogens is 531 g/mol. The lowest BCUT2D eigenvalue weighted by Crippen LogP contribution is -2.54. The molecule has 1 N–H and O–H groups in total. The van der Waals surface area contributed by atoms with Crippen molar-refractivity contribution in [3.05, 3.63) is 46.3 Å². The maximum absolute atomic E-state index is 15.5. The molecule has 206 valence electrons. The molecule has 3 rings (SSSR count). The summed E-state index contributed by atoms with van der Waals surface area (Å²) in [5.41, 5.74) is -1.50. The lowest BCUT2D eigenvalue weighted by Gasteiger charge is -2.37. The van der Waals surface area contributed by atoms with Gasteiger partial charge in [-0.1, -0.05) is 35.9 Å². The summed E-state index contributed by atoms with van der Waals surface area (Å²) in [6.45, 7) is 2.23. The van der Waals surface area contributed by atoms with E-state index < -0.39 is 51.8 Å². The molecule has 0 unspecified atom stereocenters. The zero-order chi connectivity index (χ0) is 27.6. The van der Waals surface area contributed by atoms with E-state index in [1.54, 1.807) is 29.2 Å². The van der Waals surface area contributed by atoms with Gasteiger partial charge in [0.15, 0.2) is 15.5 Å². The molecule has 2 aliphatic heterocycles. The van der Waals surface area contributed by atoms with Crippen molar-refractivity contribution >= 4 is 33.3 Å². The molecule has 0 spiro atoms. The third-order valence-corrected chi connectivity index (χ3v) is 7.76. The standard InChI is InChI=1S/C25H33ClF3N3O4S/c1-17(8-13-37(3,35)36)30-23(34)25(29)9-11-32(12-10-25)22(33)20-15-31(16-24(2,27)28)14-19(20)18-6-4-5-7-21(18)26/h4-8,13,17,19-20H,9-12,14-16H2,1-3H3,(H,30,34)/b13-8-/t17-,19+,20+/m1/s1. The highest BCUT2D eigenvalue weighted by Crippen LogP contribution is 2.39. The summed E-state index contributed by atoms with van der Waals surface area (Å²) in [7, 11) is -3.38. The van der Waals surface area contributed by atoms with Crippen LogP contribution in [0.15, 0.2) is 35.7 Å². The number of carbonyl (C=O) groups excluding carboxylic acids is 2. The highest BCUT2D eigenvalue weighted by Gasteiger charge is 2.47. The second kappa shape index (κ2) is 11.3. The molecule has 0 aliphatic carbocycles. The van der Waals surface area contributed by atoms with Crippen molar-refractivity contribution in [1.29, 1.82) is 0 Å². The van der Waals surface area contributed by atoms with E-state index in [1.165, 1.54) is 17.9 Å². The van der Waals surface area contributed by atoms with Gasteiger partial charge in [-0.2, -0.15) is 0 Å². The van der Waals surface area contributed by atoms with Gasteiger partial charge in [-0.05, 0) is 18.6 Å². The van der Waals surface area contributed by atoms with Gasteiger partial charge in [0.05, 0.1) is 12.5 Å². The summed E-state index contributed by atoms with van der Waals surface area (Å²) in [4.78, 5) is 29.1. The molecule has 2 amide bonds. The van der Waals surface area contributed by atoms with Crippen molar-refractivity contribution in [2.24, 2.45) is 5.92 Å². The van der Waals surface area contributed by atoms with E-state index in [4.69, 9.17) is 11.6 Å². The molecule has 2 fully saturated rings. The maximum atomic E-state index is 15.5. The average molecular weight is 564 g/mol. The Kier molecular flexibility index (Phi) is 9.01. The van der Waals surface area contributed by atoms with Crippen molar-refractivity contribution in [2.75, 3.05) is 39.0 Å². The van der Waals surface area contributed by atoms with Gasteiger partial charge in [-0.15, -0.1) is 0 Å². The van der Waals surface area contributed by atoms with Crippen LogP contribution in [-0.2, 0) is 19.4 Å². The normalized spacial score (nSPS) is 23.8. The van der Waals surface area contributed by atoms with E-state index in [9.17, 15) is 26.8 Å². The molecule has 7 nitrogen and oxygen atoms in total. The van der Waals surface area contributed by atoms with Gasteiger partial charge >= 0.3 is 0 Å². The van der Waals surface area contributed by atoms with Crippen LogP contribution in [-0.4, -0.2) is 86.6 Å². The lowest BCUT2D eigenvalue weighted by atomic mass is 9.86. The number of rotatable bonds is 8. The molecular formula is C25H33ClF3N3O4S. The van der Waals surface area contributed by atoms with Gasteiger partial charge in [0.2, 0.25) is 5.91 Å². The molecule has 0 radical (unpaired) electrons. The van der Waals surface area contributed by atoms with Crippen LogP contribution >= 0.6 is 11.6 Å². The first-order valence-corrected chi connectivity index (χ1v) is 14.4. The monoisotopic (exact) mass is 563 g/mol. The van der Waals surface area contributed by atoms with Crippen LogP contribution in [0.3, 0.4) is 0 Å². The molecule has 1 aromatic carbocycles. The summed E-state index contributed by atoms with van der Waals surface area (Å²) in [6, 6.07) is 6.31. The summed E-state index contributed by atoms with van der Waals surface area (Å²) < 4.78 is 65.5. The number of alkyl halides is 3. The van der Waals surface area contributed by atoms with E-state index >= 15 is 4.39 Å². The van der Waals surface area contributed by atoms with Crippen LogP contribution < -0.4 is 5.32 Å². The number of likely N-dealkylation sites (tertiary alicyclic amines) is 2. The molecule has 3 atom stereocenters. The summed E-state index contributed by atoms with van der Waals surface area (Å²) in [5.74, 6) is -5.10. The fourth-order valence-electron chi connectivity index (χ4n) is 4.94. The zero-order valence-corrected chi connectivity index (χ0v) is 22.7. The highest BCUT2D eigenvalue weighted by atomic mass is 35.5. The Bertz CT molecular complexity index is 1130. The lowest BCUT2D eigenvalue weighted by molar-refractivity contribution is -0.144. The van der Waals surface area contributed by atoms with Gasteiger partial charge in [-0.3, -0.25) is 14.5 Å². The van der Waals surface area contributed by atoms with Crippen LogP contribution in [0.25, 0.3) is 0 Å². The first-order chi connectivity index (χ1) is 17.1. The number of nitrogens with one attached hydrogen (secondary N) is 1. The van der Waals surface area contributed by atoms with Crippen LogP contribution in [0.2, 0.25) is 5.02 Å². The Labute approximate surface area is 220 Å². The number of piperidine rings is 1. The number of halogens is 4. The molecule has 0 saturated carbocycles. The Morgan fingerprint density at radius 1 is 1.24 bits per heavy atom. The van der Waals surface area contributed by atoms with Crippen molar-refractivity contribution in [3.63, 3.8) is 0 Å². The number of carbonyl (C=O) groups is 2. The van der Waals surface area contributed by atoms with Gasteiger partial charge in [0.25, 0.3) is 11.8 Å². The first kappa shape index (κ1) is 29.4. The van der Waals surface area contributed by atoms with Crippen molar-refractivity contribution in [3.8, 4) is 0 Å². The number of hydrogen-bond acceptors (Lipinski definition) is 5. The Hall–Kier alpha value is -2.11. The molecule has 12 heteroatoms. The molecule has 2 heterocycles. The minimum Gasteiger partial charge on any atom is -0.347 e. The van der Waals surface area contributed by atoms with Crippen molar-refractivity contribution in [2.45, 2.75) is 50.2 Å². The number of sulfone groups is 1. The number of amides is 2. The Balaban J connectivity index is 1.68. The van der Waals surface area contributed by atoms with E-state index in [0.29, 0.717) is 10.6 Å². The van der Waals surface area contributed by atoms with E-state index in [2.05, 4.69) is 5.32 Å². The second-order valence-corrected chi connectivity index (χ2v) is 12.5. The van der Waals surface area contributed by atoms with E-state index in [-0.39, 0.29) is 44.9 Å².